The minimum absolute atomic E-state index is 0. The van der Waals surface area contributed by atoms with Crippen LogP contribution in [0.1, 0.15) is 60.7 Å². The van der Waals surface area contributed by atoms with Crippen molar-refractivity contribution in [1.82, 2.24) is 0 Å². The Kier molecular flexibility index (Phi) is 12.0. The van der Waals surface area contributed by atoms with E-state index in [1.165, 1.54) is 13.3 Å². The molecule has 18 heavy (non-hydrogen) atoms. The van der Waals surface area contributed by atoms with Gasteiger partial charge in [0.1, 0.15) is 0 Å². The van der Waals surface area contributed by atoms with Crippen LogP contribution in [0, 0.1) is 11.3 Å². The maximum Gasteiger partial charge on any atom is 1.00 e. The molecule has 0 amide bonds. The predicted molar refractivity (Wildman–Crippen MR) is 67.0 cm³/mol. The van der Waals surface area contributed by atoms with Gasteiger partial charge in [-0.25, -0.2) is 0 Å². The van der Waals surface area contributed by atoms with Crippen molar-refractivity contribution < 1.29 is 72.6 Å². The van der Waals surface area contributed by atoms with E-state index in [0.717, 1.165) is 25.7 Å². The normalized spacial score (nSPS) is 12.6. The van der Waals surface area contributed by atoms with E-state index in [4.69, 9.17) is 10.2 Å². The Morgan fingerprint density at radius 3 is 1.94 bits per heavy atom. The topological polar surface area (TPSA) is 74.6 Å². The molecule has 0 radical (unpaired) electrons. The number of hydrogen-bond donors (Lipinski definition) is 2. The average molecular weight is 284 g/mol. The van der Waals surface area contributed by atoms with Crippen molar-refractivity contribution in [3.05, 3.63) is 0 Å². The molecule has 0 aliphatic heterocycles. The molecule has 0 aliphatic carbocycles. The maximum absolute atomic E-state index is 11.1. The summed E-state index contributed by atoms with van der Waals surface area (Å²) in [5.41, 5.74) is -1.66. The summed E-state index contributed by atoms with van der Waals surface area (Å²) in [5, 5.41) is 18.1. The standard InChI is InChI=1S/C13H24O4.K.H/c1-4-5-6-7-8-9-10(2)13(3,11(14)15)12(16)17;;/h10H,4-9H2,1-3H3,(H,14,15)(H,16,17);;/q;+1;-1. The molecular weight excluding hydrogens is 259 g/mol. The van der Waals surface area contributed by atoms with Gasteiger partial charge >= 0.3 is 63.3 Å². The molecule has 0 saturated carbocycles. The number of carboxylic acids is 2. The predicted octanol–water partition coefficient (Wildman–Crippen LogP) is 0.275. The van der Waals surface area contributed by atoms with Gasteiger partial charge in [-0.05, 0) is 19.3 Å². The summed E-state index contributed by atoms with van der Waals surface area (Å²) in [7, 11) is 0. The van der Waals surface area contributed by atoms with E-state index >= 15 is 0 Å². The Morgan fingerprint density at radius 2 is 1.56 bits per heavy atom. The Morgan fingerprint density at radius 1 is 1.11 bits per heavy atom. The summed E-state index contributed by atoms with van der Waals surface area (Å²) < 4.78 is 0. The summed E-state index contributed by atoms with van der Waals surface area (Å²) in [4.78, 5) is 22.1. The molecule has 2 N–H and O–H groups in total. The van der Waals surface area contributed by atoms with E-state index in [1.807, 2.05) is 0 Å². The summed E-state index contributed by atoms with van der Waals surface area (Å²) in [6, 6.07) is 0. The van der Waals surface area contributed by atoms with Crippen LogP contribution in [-0.4, -0.2) is 22.2 Å². The van der Waals surface area contributed by atoms with E-state index in [2.05, 4.69) is 6.92 Å². The van der Waals surface area contributed by atoms with Crippen LogP contribution >= 0.6 is 0 Å². The van der Waals surface area contributed by atoms with Crippen LogP contribution in [-0.2, 0) is 9.59 Å². The largest absolute Gasteiger partial charge is 1.00 e. The van der Waals surface area contributed by atoms with Gasteiger partial charge in [-0.3, -0.25) is 9.59 Å². The second kappa shape index (κ2) is 10.4. The molecule has 1 atom stereocenters. The summed E-state index contributed by atoms with van der Waals surface area (Å²) in [5.74, 6) is -2.84. The van der Waals surface area contributed by atoms with Gasteiger partial charge in [-0.15, -0.1) is 0 Å². The number of rotatable bonds is 9. The molecule has 102 valence electrons. The van der Waals surface area contributed by atoms with Gasteiger partial charge in [-0.2, -0.15) is 0 Å². The second-order valence-electron chi connectivity index (χ2n) is 4.92. The Balaban J connectivity index is -0.00000128. The fraction of sp³-hybridized carbons (Fsp3) is 0.846. The van der Waals surface area contributed by atoms with Crippen molar-refractivity contribution in [1.29, 1.82) is 0 Å². The van der Waals surface area contributed by atoms with E-state index in [0.29, 0.717) is 6.42 Å². The summed E-state index contributed by atoms with van der Waals surface area (Å²) >= 11 is 0. The van der Waals surface area contributed by atoms with Crippen molar-refractivity contribution in [2.45, 2.75) is 59.3 Å². The molecule has 4 nitrogen and oxygen atoms in total. The zero-order valence-corrected chi connectivity index (χ0v) is 15.2. The van der Waals surface area contributed by atoms with Gasteiger partial charge in [0.2, 0.25) is 0 Å². The number of carboxylic acid groups (broad SMARTS) is 2. The van der Waals surface area contributed by atoms with Gasteiger partial charge in [0.15, 0.2) is 5.41 Å². The van der Waals surface area contributed by atoms with E-state index in [9.17, 15) is 9.59 Å². The first-order chi connectivity index (χ1) is 7.87. The van der Waals surface area contributed by atoms with E-state index in [-0.39, 0.29) is 58.7 Å². The van der Waals surface area contributed by atoms with E-state index in [1.54, 1.807) is 6.92 Å². The monoisotopic (exact) mass is 284 g/mol. The summed E-state index contributed by atoms with van der Waals surface area (Å²) in [6.07, 6.45) is 6.09. The van der Waals surface area contributed by atoms with E-state index < -0.39 is 17.4 Å². The van der Waals surface area contributed by atoms with Crippen molar-refractivity contribution in [3.8, 4) is 0 Å². The maximum atomic E-state index is 11.1. The number of hydrogen-bond acceptors (Lipinski definition) is 2. The molecule has 0 aliphatic rings. The molecule has 0 fully saturated rings. The molecule has 0 saturated heterocycles. The van der Waals surface area contributed by atoms with Crippen molar-refractivity contribution >= 4 is 11.9 Å². The fourth-order valence-corrected chi connectivity index (χ4v) is 1.86. The third kappa shape index (κ3) is 6.15. The number of unbranched alkanes of at least 4 members (excludes halogenated alkanes) is 4. The van der Waals surface area contributed by atoms with Crippen molar-refractivity contribution in [2.24, 2.45) is 11.3 Å². The van der Waals surface area contributed by atoms with Crippen LogP contribution in [0.3, 0.4) is 0 Å². The molecule has 0 bridgehead atoms. The van der Waals surface area contributed by atoms with Gasteiger partial charge in [0, 0.05) is 0 Å². The first-order valence-corrected chi connectivity index (χ1v) is 6.34. The molecule has 0 spiro atoms. The van der Waals surface area contributed by atoms with Crippen LogP contribution in [0.2, 0.25) is 0 Å². The van der Waals surface area contributed by atoms with Gasteiger partial charge in [-0.1, -0.05) is 46.0 Å². The third-order valence-corrected chi connectivity index (χ3v) is 3.61. The number of carbonyl (C=O) groups is 2. The molecule has 0 aromatic carbocycles. The SMILES string of the molecule is CCCCCCCC(C)C(C)(C(=O)O)C(=O)O.[H-].[K+]. The molecule has 0 aromatic heterocycles. The number of aliphatic carboxylic acids is 2. The quantitative estimate of drug-likeness (QED) is 0.362. The minimum atomic E-state index is -1.66. The van der Waals surface area contributed by atoms with Crippen molar-refractivity contribution in [2.75, 3.05) is 0 Å². The Labute approximate surface area is 153 Å². The smallest absolute Gasteiger partial charge is 1.00 e. The van der Waals surface area contributed by atoms with Crippen LogP contribution in [0.5, 0.6) is 0 Å². The Bertz CT molecular complexity index is 257. The van der Waals surface area contributed by atoms with Crippen molar-refractivity contribution in [3.63, 3.8) is 0 Å². The molecule has 0 rings (SSSR count). The first kappa shape index (κ1) is 20.9. The molecule has 1 unspecified atom stereocenters. The molecule has 0 heterocycles. The van der Waals surface area contributed by atoms with Gasteiger partial charge < -0.3 is 11.6 Å². The van der Waals surface area contributed by atoms with Crippen LogP contribution < -0.4 is 51.4 Å². The minimum Gasteiger partial charge on any atom is -1.00 e. The van der Waals surface area contributed by atoms with Gasteiger partial charge in [0.25, 0.3) is 0 Å². The molecule has 0 aromatic rings. The van der Waals surface area contributed by atoms with Crippen LogP contribution in [0.25, 0.3) is 0 Å². The molecule has 5 heteroatoms. The van der Waals surface area contributed by atoms with Crippen LogP contribution in [0.15, 0.2) is 0 Å². The third-order valence-electron chi connectivity index (χ3n) is 3.61. The fourth-order valence-electron chi connectivity index (χ4n) is 1.86. The Hall–Kier alpha value is 0.576. The average Bonchev–Trinajstić information content (AvgIpc) is 2.26. The van der Waals surface area contributed by atoms with Gasteiger partial charge in [0.05, 0.1) is 0 Å². The summed E-state index contributed by atoms with van der Waals surface area (Å²) in [6.45, 7) is 5.14. The second-order valence-corrected chi connectivity index (χ2v) is 4.92. The zero-order chi connectivity index (χ0) is 13.5. The first-order valence-electron chi connectivity index (χ1n) is 6.34. The molecular formula is C13H25KO4. The van der Waals surface area contributed by atoms with Crippen LogP contribution in [0.4, 0.5) is 0 Å². The zero-order valence-electron chi connectivity index (χ0n) is 13.0.